The normalized spacial score (nSPS) is 10.4. The second kappa shape index (κ2) is 4.19. The standard InChI is InChI=1S/C9H9ClN4/c10-5-9-13-12-7-14(9)6-8-3-1-2-4-11-8/h1-4,7H,5-6H2. The van der Waals surface area contributed by atoms with E-state index in [1.807, 2.05) is 22.8 Å². The van der Waals surface area contributed by atoms with Crippen molar-refractivity contribution in [3.8, 4) is 0 Å². The molecule has 0 spiro atoms. The third kappa shape index (κ3) is 1.90. The lowest BCUT2D eigenvalue weighted by Gasteiger charge is -2.02. The molecule has 72 valence electrons. The first-order valence-corrected chi connectivity index (χ1v) is 4.76. The first kappa shape index (κ1) is 9.15. The van der Waals surface area contributed by atoms with E-state index >= 15 is 0 Å². The third-order valence-electron chi connectivity index (χ3n) is 1.87. The van der Waals surface area contributed by atoms with Crippen LogP contribution in [-0.2, 0) is 12.4 Å². The van der Waals surface area contributed by atoms with Crippen LogP contribution in [0.25, 0.3) is 0 Å². The van der Waals surface area contributed by atoms with Crippen molar-refractivity contribution in [2.75, 3.05) is 0 Å². The van der Waals surface area contributed by atoms with Crippen LogP contribution in [0.3, 0.4) is 0 Å². The minimum atomic E-state index is 0.368. The number of aromatic nitrogens is 4. The molecule has 0 N–H and O–H groups in total. The Hall–Kier alpha value is -1.42. The molecule has 2 aromatic heterocycles. The van der Waals surface area contributed by atoms with Crippen LogP contribution in [0, 0.1) is 0 Å². The summed E-state index contributed by atoms with van der Waals surface area (Å²) in [6.45, 7) is 0.663. The van der Waals surface area contributed by atoms with Gasteiger partial charge in [0, 0.05) is 6.20 Å². The Labute approximate surface area is 86.6 Å². The molecule has 0 aromatic carbocycles. The van der Waals surface area contributed by atoms with E-state index in [1.165, 1.54) is 0 Å². The van der Waals surface area contributed by atoms with Crippen molar-refractivity contribution in [3.05, 3.63) is 42.2 Å². The summed E-state index contributed by atoms with van der Waals surface area (Å²) in [6.07, 6.45) is 3.42. The smallest absolute Gasteiger partial charge is 0.148 e. The fourth-order valence-electron chi connectivity index (χ4n) is 1.18. The highest BCUT2D eigenvalue weighted by Gasteiger charge is 2.02. The van der Waals surface area contributed by atoms with Crippen molar-refractivity contribution in [1.29, 1.82) is 0 Å². The Balaban J connectivity index is 2.19. The molecule has 0 unspecified atom stereocenters. The first-order valence-electron chi connectivity index (χ1n) is 4.22. The van der Waals surface area contributed by atoms with Gasteiger partial charge in [-0.3, -0.25) is 4.98 Å². The van der Waals surface area contributed by atoms with Crippen LogP contribution >= 0.6 is 11.6 Å². The van der Waals surface area contributed by atoms with E-state index in [4.69, 9.17) is 11.6 Å². The van der Waals surface area contributed by atoms with E-state index in [0.717, 1.165) is 11.5 Å². The second-order valence-electron chi connectivity index (χ2n) is 2.83. The lowest BCUT2D eigenvalue weighted by Crippen LogP contribution is -2.03. The van der Waals surface area contributed by atoms with Gasteiger partial charge in [-0.15, -0.1) is 21.8 Å². The van der Waals surface area contributed by atoms with Crippen molar-refractivity contribution in [2.45, 2.75) is 12.4 Å². The number of halogens is 1. The van der Waals surface area contributed by atoms with Gasteiger partial charge in [-0.2, -0.15) is 0 Å². The Kier molecular flexibility index (Phi) is 2.74. The molecule has 2 heterocycles. The zero-order chi connectivity index (χ0) is 9.80. The molecule has 0 aliphatic rings. The summed E-state index contributed by atoms with van der Waals surface area (Å²) in [7, 11) is 0. The highest BCUT2D eigenvalue weighted by atomic mass is 35.5. The van der Waals surface area contributed by atoms with Crippen molar-refractivity contribution in [3.63, 3.8) is 0 Å². The van der Waals surface area contributed by atoms with E-state index < -0.39 is 0 Å². The van der Waals surface area contributed by atoms with E-state index in [9.17, 15) is 0 Å². The zero-order valence-corrected chi connectivity index (χ0v) is 8.22. The molecule has 0 amide bonds. The molecule has 0 saturated carbocycles. The summed E-state index contributed by atoms with van der Waals surface area (Å²) in [5.74, 6) is 1.13. The molecular formula is C9H9ClN4. The predicted molar refractivity (Wildman–Crippen MR) is 52.9 cm³/mol. The summed E-state index contributed by atoms with van der Waals surface area (Å²) in [5, 5.41) is 7.67. The number of alkyl halides is 1. The molecule has 14 heavy (non-hydrogen) atoms. The van der Waals surface area contributed by atoms with Crippen molar-refractivity contribution >= 4 is 11.6 Å². The highest BCUT2D eigenvalue weighted by Crippen LogP contribution is 2.03. The summed E-state index contributed by atoms with van der Waals surface area (Å²) in [5.41, 5.74) is 0.971. The van der Waals surface area contributed by atoms with Gasteiger partial charge in [-0.25, -0.2) is 0 Å². The third-order valence-corrected chi connectivity index (χ3v) is 2.11. The van der Waals surface area contributed by atoms with E-state index in [-0.39, 0.29) is 0 Å². The Morgan fingerprint density at radius 2 is 2.29 bits per heavy atom. The maximum Gasteiger partial charge on any atom is 0.148 e. The van der Waals surface area contributed by atoms with Gasteiger partial charge in [0.25, 0.3) is 0 Å². The molecule has 2 rings (SSSR count). The molecule has 0 saturated heterocycles. The number of nitrogens with zero attached hydrogens (tertiary/aromatic N) is 4. The van der Waals surface area contributed by atoms with Gasteiger partial charge in [0.15, 0.2) is 0 Å². The lowest BCUT2D eigenvalue weighted by atomic mass is 10.3. The molecule has 2 aromatic rings. The minimum Gasteiger partial charge on any atom is -0.310 e. The molecule has 0 aliphatic heterocycles. The molecule has 0 fully saturated rings. The van der Waals surface area contributed by atoms with Crippen molar-refractivity contribution in [1.82, 2.24) is 19.7 Å². The Bertz CT molecular complexity index is 398. The van der Waals surface area contributed by atoms with Crippen LogP contribution < -0.4 is 0 Å². The van der Waals surface area contributed by atoms with Crippen LogP contribution in [0.1, 0.15) is 11.5 Å². The molecular weight excluding hydrogens is 200 g/mol. The fraction of sp³-hybridized carbons (Fsp3) is 0.222. The van der Waals surface area contributed by atoms with Crippen LogP contribution in [0.2, 0.25) is 0 Å². The minimum absolute atomic E-state index is 0.368. The predicted octanol–water partition coefficient (Wildman–Crippen LogP) is 1.46. The van der Waals surface area contributed by atoms with Gasteiger partial charge in [0.2, 0.25) is 0 Å². The summed E-state index contributed by atoms with van der Waals surface area (Å²) >= 11 is 5.70. The largest absolute Gasteiger partial charge is 0.310 e. The Morgan fingerprint density at radius 1 is 1.36 bits per heavy atom. The average molecular weight is 209 g/mol. The average Bonchev–Trinajstić information content (AvgIpc) is 2.67. The van der Waals surface area contributed by atoms with Crippen LogP contribution in [-0.4, -0.2) is 19.7 Å². The van der Waals surface area contributed by atoms with Gasteiger partial charge in [0.05, 0.1) is 18.1 Å². The van der Waals surface area contributed by atoms with Gasteiger partial charge in [-0.05, 0) is 12.1 Å². The molecule has 0 atom stereocenters. The van der Waals surface area contributed by atoms with E-state index in [0.29, 0.717) is 12.4 Å². The summed E-state index contributed by atoms with van der Waals surface area (Å²) in [6, 6.07) is 5.79. The number of pyridine rings is 1. The monoisotopic (exact) mass is 208 g/mol. The Morgan fingerprint density at radius 3 is 3.00 bits per heavy atom. The van der Waals surface area contributed by atoms with Gasteiger partial charge in [-0.1, -0.05) is 6.07 Å². The van der Waals surface area contributed by atoms with Crippen LogP contribution in [0.5, 0.6) is 0 Å². The molecule has 0 aliphatic carbocycles. The second-order valence-corrected chi connectivity index (χ2v) is 3.10. The van der Waals surface area contributed by atoms with Gasteiger partial charge >= 0.3 is 0 Å². The fourth-order valence-corrected chi connectivity index (χ4v) is 1.39. The number of hydrogen-bond acceptors (Lipinski definition) is 3. The van der Waals surface area contributed by atoms with Crippen molar-refractivity contribution < 1.29 is 0 Å². The SMILES string of the molecule is ClCc1nncn1Cc1ccccn1. The first-order chi connectivity index (χ1) is 6.90. The topological polar surface area (TPSA) is 43.6 Å². The lowest BCUT2D eigenvalue weighted by molar-refractivity contribution is 0.736. The van der Waals surface area contributed by atoms with E-state index in [1.54, 1.807) is 12.5 Å². The molecule has 4 nitrogen and oxygen atoms in total. The van der Waals surface area contributed by atoms with Crippen molar-refractivity contribution in [2.24, 2.45) is 0 Å². The maximum atomic E-state index is 5.70. The van der Waals surface area contributed by atoms with Crippen LogP contribution in [0.4, 0.5) is 0 Å². The quantitative estimate of drug-likeness (QED) is 0.718. The maximum absolute atomic E-state index is 5.70. The van der Waals surface area contributed by atoms with Gasteiger partial charge in [0.1, 0.15) is 12.2 Å². The van der Waals surface area contributed by atoms with E-state index in [2.05, 4.69) is 15.2 Å². The zero-order valence-electron chi connectivity index (χ0n) is 7.47. The molecule has 0 radical (unpaired) electrons. The number of hydrogen-bond donors (Lipinski definition) is 0. The molecule has 0 bridgehead atoms. The summed E-state index contributed by atoms with van der Waals surface area (Å²) in [4.78, 5) is 4.21. The highest BCUT2D eigenvalue weighted by molar-refractivity contribution is 6.16. The molecule has 5 heteroatoms. The number of rotatable bonds is 3. The van der Waals surface area contributed by atoms with Crippen LogP contribution in [0.15, 0.2) is 30.7 Å². The summed E-state index contributed by atoms with van der Waals surface area (Å²) < 4.78 is 1.88. The van der Waals surface area contributed by atoms with Gasteiger partial charge < -0.3 is 4.57 Å².